The Morgan fingerprint density at radius 3 is 1.09 bits per heavy atom. The van der Waals surface area contributed by atoms with Crippen molar-refractivity contribution in [3.8, 4) is 0 Å². The van der Waals surface area contributed by atoms with Gasteiger partial charge >= 0.3 is 29.8 Å². The third kappa shape index (κ3) is 7.14. The minimum atomic E-state index is -6.98. The Labute approximate surface area is 307 Å². The molecule has 0 saturated carbocycles. The first-order valence-electron chi connectivity index (χ1n) is 16.3. The molecule has 3 unspecified atom stereocenters. The smallest absolute Gasteiger partial charge is 0.359 e. The van der Waals surface area contributed by atoms with Gasteiger partial charge in [0.15, 0.2) is 4.75 Å². The standard InChI is InChI=1S/C33H53F15O5S/c1-18(26(34,19(2,3)4)29(38,39)21(8,9)22(10,11)30(40,41)28(36,37)20(5,6)7)52-33(47,48)27(35,32(44,45)46)23(12,13)53-24(14,15)31(42,43)25(16,17)54(49,50)51/h18H,1-17H3,(H,49,50,51). The third-order valence-electron chi connectivity index (χ3n) is 11.2. The zero-order chi connectivity index (χ0) is 45.0. The summed E-state index contributed by atoms with van der Waals surface area (Å²) in [4.78, 5) is 0. The van der Waals surface area contributed by atoms with E-state index in [1.807, 2.05) is 0 Å². The highest BCUT2D eigenvalue weighted by atomic mass is 32.2. The predicted molar refractivity (Wildman–Crippen MR) is 170 cm³/mol. The fraction of sp³-hybridized carbons (Fsp3) is 1.00. The van der Waals surface area contributed by atoms with Gasteiger partial charge in [-0.15, -0.1) is 0 Å². The number of ether oxygens (including phenoxy) is 2. The Kier molecular flexibility index (Phi) is 13.1. The van der Waals surface area contributed by atoms with Crippen LogP contribution in [0.5, 0.6) is 0 Å². The normalized spacial score (nSPS) is 19.4. The van der Waals surface area contributed by atoms with Crippen molar-refractivity contribution >= 4 is 10.1 Å². The van der Waals surface area contributed by atoms with Crippen molar-refractivity contribution in [1.29, 1.82) is 0 Å². The van der Waals surface area contributed by atoms with E-state index < -0.39 is 101 Å². The lowest BCUT2D eigenvalue weighted by Crippen LogP contribution is -2.75. The quantitative estimate of drug-likeness (QED) is 0.131. The molecule has 0 aliphatic heterocycles. The molecule has 3 atom stereocenters. The summed E-state index contributed by atoms with van der Waals surface area (Å²) in [7, 11) is -5.82. The summed E-state index contributed by atoms with van der Waals surface area (Å²) in [6.45, 7) is 4.61. The van der Waals surface area contributed by atoms with Crippen LogP contribution in [0.15, 0.2) is 0 Å². The zero-order valence-electron chi connectivity index (χ0n) is 33.2. The highest BCUT2D eigenvalue weighted by Crippen LogP contribution is 2.68. The number of rotatable bonds is 15. The van der Waals surface area contributed by atoms with E-state index in [2.05, 4.69) is 9.47 Å². The van der Waals surface area contributed by atoms with Gasteiger partial charge in [0, 0.05) is 21.7 Å². The largest absolute Gasteiger partial charge is 0.434 e. The van der Waals surface area contributed by atoms with Gasteiger partial charge in [-0.05, 0) is 48.5 Å². The average Bonchev–Trinajstić information content (AvgIpc) is 2.87. The van der Waals surface area contributed by atoms with Crippen molar-refractivity contribution in [1.82, 2.24) is 0 Å². The molecular formula is C33H53F15O5S. The molecule has 0 fully saturated rings. The summed E-state index contributed by atoms with van der Waals surface area (Å²) < 4.78 is 274. The summed E-state index contributed by atoms with van der Waals surface area (Å²) >= 11 is 0. The van der Waals surface area contributed by atoms with Crippen LogP contribution in [0.2, 0.25) is 0 Å². The SMILES string of the molecule is CC(OC(F)(F)C(F)(C(F)(F)F)C(C)(C)OC(C)(C)C(F)(F)C(C)(C)S(=O)(=O)O)C(F)(C(C)(C)C)C(F)(F)C(C)(C)C(C)(C)C(F)(F)C(F)(F)C(C)(C)C. The van der Waals surface area contributed by atoms with Crippen LogP contribution >= 0.6 is 0 Å². The van der Waals surface area contributed by atoms with E-state index in [1.54, 1.807) is 0 Å². The maximum Gasteiger partial charge on any atom is 0.434 e. The average molecular weight is 847 g/mol. The molecule has 0 saturated heterocycles. The Morgan fingerprint density at radius 1 is 0.481 bits per heavy atom. The van der Waals surface area contributed by atoms with Gasteiger partial charge in [-0.3, -0.25) is 4.55 Å². The van der Waals surface area contributed by atoms with Crippen molar-refractivity contribution < 1.29 is 88.3 Å². The first-order chi connectivity index (χ1) is 22.6. The number of hydrogen-bond acceptors (Lipinski definition) is 4. The monoisotopic (exact) mass is 846 g/mol. The van der Waals surface area contributed by atoms with E-state index in [0.29, 0.717) is 41.5 Å². The second-order valence-electron chi connectivity index (χ2n) is 18.3. The van der Waals surface area contributed by atoms with E-state index in [-0.39, 0.29) is 76.2 Å². The topological polar surface area (TPSA) is 72.8 Å². The fourth-order valence-electron chi connectivity index (χ4n) is 6.34. The second kappa shape index (κ2) is 13.4. The summed E-state index contributed by atoms with van der Waals surface area (Å²) in [6, 6.07) is 0. The number of hydrogen-bond donors (Lipinski definition) is 1. The molecular weight excluding hydrogens is 793 g/mol. The van der Waals surface area contributed by atoms with E-state index in [9.17, 15) is 26.1 Å². The van der Waals surface area contributed by atoms with Crippen LogP contribution in [0.4, 0.5) is 65.9 Å². The van der Waals surface area contributed by atoms with Gasteiger partial charge in [0.2, 0.25) is 5.67 Å². The van der Waals surface area contributed by atoms with Crippen LogP contribution in [0.25, 0.3) is 0 Å². The van der Waals surface area contributed by atoms with Crippen LogP contribution in [0, 0.1) is 21.7 Å². The van der Waals surface area contributed by atoms with Gasteiger partial charge in [0.25, 0.3) is 22.0 Å². The molecule has 1 N–H and O–H groups in total. The number of halogens is 15. The molecule has 0 bridgehead atoms. The van der Waals surface area contributed by atoms with Crippen LogP contribution in [0.1, 0.15) is 118 Å². The molecule has 0 heterocycles. The van der Waals surface area contributed by atoms with Gasteiger partial charge < -0.3 is 9.47 Å². The molecule has 0 aliphatic carbocycles. The Bertz CT molecular complexity index is 1470. The maximum absolute atomic E-state index is 17.3. The van der Waals surface area contributed by atoms with Crippen LogP contribution in [-0.2, 0) is 19.6 Å². The molecule has 21 heteroatoms. The lowest BCUT2D eigenvalue weighted by atomic mass is 9.53. The molecule has 5 nitrogen and oxygen atoms in total. The summed E-state index contributed by atoms with van der Waals surface area (Å²) in [5, 5.41) is 0. The van der Waals surface area contributed by atoms with Crippen molar-refractivity contribution in [3.63, 3.8) is 0 Å². The van der Waals surface area contributed by atoms with Gasteiger partial charge in [-0.25, -0.2) is 26.3 Å². The molecule has 0 radical (unpaired) electrons. The van der Waals surface area contributed by atoms with Gasteiger partial charge in [0.05, 0.1) is 0 Å². The molecule has 0 aromatic carbocycles. The van der Waals surface area contributed by atoms with E-state index in [1.165, 1.54) is 0 Å². The van der Waals surface area contributed by atoms with Gasteiger partial charge in [0.1, 0.15) is 17.3 Å². The summed E-state index contributed by atoms with van der Waals surface area (Å²) in [6.07, 6.45) is -17.3. The second-order valence-corrected chi connectivity index (χ2v) is 20.3. The highest BCUT2D eigenvalue weighted by molar-refractivity contribution is 7.87. The van der Waals surface area contributed by atoms with Crippen molar-refractivity contribution in [3.05, 3.63) is 0 Å². The van der Waals surface area contributed by atoms with E-state index in [0.717, 1.165) is 0 Å². The number of alkyl halides is 15. The lowest BCUT2D eigenvalue weighted by molar-refractivity contribution is -0.448. The Hall–Kier alpha value is -1.22. The lowest BCUT2D eigenvalue weighted by Gasteiger charge is -2.59. The van der Waals surface area contributed by atoms with Crippen molar-refractivity contribution in [2.24, 2.45) is 21.7 Å². The molecule has 0 amide bonds. The van der Waals surface area contributed by atoms with Gasteiger partial charge in [-0.2, -0.15) is 47.9 Å². The molecule has 0 aromatic rings. The van der Waals surface area contributed by atoms with Crippen LogP contribution in [-0.4, -0.2) is 82.3 Å². The predicted octanol–water partition coefficient (Wildman–Crippen LogP) is 11.9. The van der Waals surface area contributed by atoms with Crippen LogP contribution < -0.4 is 0 Å². The molecule has 0 spiro atoms. The minimum Gasteiger partial charge on any atom is -0.359 e. The molecule has 0 rings (SSSR count). The van der Waals surface area contributed by atoms with Crippen molar-refractivity contribution in [2.45, 2.75) is 187 Å². The summed E-state index contributed by atoms with van der Waals surface area (Å²) in [5.74, 6) is -21.1. The van der Waals surface area contributed by atoms with Crippen LogP contribution in [0.3, 0.4) is 0 Å². The maximum atomic E-state index is 17.3. The molecule has 54 heavy (non-hydrogen) atoms. The zero-order valence-corrected chi connectivity index (χ0v) is 34.1. The Morgan fingerprint density at radius 2 is 0.815 bits per heavy atom. The van der Waals surface area contributed by atoms with E-state index >= 15 is 52.7 Å². The fourth-order valence-corrected chi connectivity index (χ4v) is 6.91. The first-order valence-corrected chi connectivity index (χ1v) is 17.7. The minimum absolute atomic E-state index is 0.0323. The Balaban J connectivity index is 7.80. The highest BCUT2D eigenvalue weighted by Gasteiger charge is 2.84. The molecule has 326 valence electrons. The summed E-state index contributed by atoms with van der Waals surface area (Å²) in [5.41, 5.74) is -32.2. The van der Waals surface area contributed by atoms with E-state index in [4.69, 9.17) is 0 Å². The first kappa shape index (κ1) is 52.8. The molecule has 0 aliphatic rings. The van der Waals surface area contributed by atoms with Crippen molar-refractivity contribution in [2.75, 3.05) is 0 Å². The molecule has 0 aromatic heterocycles. The third-order valence-corrected chi connectivity index (χ3v) is 12.7. The van der Waals surface area contributed by atoms with Gasteiger partial charge in [-0.1, -0.05) is 69.2 Å².